The van der Waals surface area contributed by atoms with Crippen molar-refractivity contribution in [1.29, 1.82) is 0 Å². The fraction of sp³-hybridized carbons (Fsp3) is 0.733. The molecule has 2 atom stereocenters. The number of hydrogen-bond acceptors (Lipinski definition) is 2. The Balaban J connectivity index is 1.92. The van der Waals surface area contributed by atoms with E-state index in [1.165, 1.54) is 30.6 Å². The van der Waals surface area contributed by atoms with Crippen molar-refractivity contribution in [2.45, 2.75) is 59.0 Å². The first-order valence-electron chi connectivity index (χ1n) is 6.83. The van der Waals surface area contributed by atoms with Crippen LogP contribution in [0, 0.1) is 11.3 Å². The third-order valence-corrected chi connectivity index (χ3v) is 4.87. The van der Waals surface area contributed by atoms with E-state index in [1.807, 2.05) is 11.3 Å². The van der Waals surface area contributed by atoms with Gasteiger partial charge >= 0.3 is 0 Å². The molecule has 17 heavy (non-hydrogen) atoms. The second kappa shape index (κ2) is 5.53. The van der Waals surface area contributed by atoms with Gasteiger partial charge in [-0.25, -0.2) is 0 Å². The van der Waals surface area contributed by atoms with Crippen LogP contribution in [-0.2, 0) is 6.54 Å². The summed E-state index contributed by atoms with van der Waals surface area (Å²) in [4.78, 5) is 1.46. The Kier molecular flexibility index (Phi) is 4.26. The van der Waals surface area contributed by atoms with E-state index in [0.717, 1.165) is 12.5 Å². The predicted molar refractivity (Wildman–Crippen MR) is 76.4 cm³/mol. The van der Waals surface area contributed by atoms with Crippen molar-refractivity contribution >= 4 is 11.3 Å². The fourth-order valence-electron chi connectivity index (χ4n) is 3.06. The van der Waals surface area contributed by atoms with E-state index in [1.54, 1.807) is 0 Å². The predicted octanol–water partition coefficient (Wildman–Crippen LogP) is 4.44. The highest BCUT2D eigenvalue weighted by molar-refractivity contribution is 7.09. The molecule has 0 aromatic carbocycles. The minimum Gasteiger partial charge on any atom is -0.309 e. The summed E-state index contributed by atoms with van der Waals surface area (Å²) in [5.74, 6) is 0.830. The molecule has 1 aliphatic rings. The van der Waals surface area contributed by atoms with E-state index < -0.39 is 0 Å². The Morgan fingerprint density at radius 2 is 2.06 bits per heavy atom. The molecular formula is C15H25NS. The summed E-state index contributed by atoms with van der Waals surface area (Å²) in [7, 11) is 0. The van der Waals surface area contributed by atoms with Gasteiger partial charge in [0, 0.05) is 17.5 Å². The lowest BCUT2D eigenvalue weighted by Gasteiger charge is -2.41. The Bertz CT molecular complexity index is 323. The van der Waals surface area contributed by atoms with E-state index in [-0.39, 0.29) is 0 Å². The summed E-state index contributed by atoms with van der Waals surface area (Å²) in [6.45, 7) is 8.23. The van der Waals surface area contributed by atoms with Gasteiger partial charge in [-0.15, -0.1) is 11.3 Å². The van der Waals surface area contributed by atoms with Crippen LogP contribution in [0.5, 0.6) is 0 Å². The highest BCUT2D eigenvalue weighted by Gasteiger charge is 2.33. The van der Waals surface area contributed by atoms with Crippen LogP contribution in [0.15, 0.2) is 17.5 Å². The molecule has 1 saturated carbocycles. The van der Waals surface area contributed by atoms with Gasteiger partial charge < -0.3 is 5.32 Å². The van der Waals surface area contributed by atoms with Crippen LogP contribution in [0.2, 0.25) is 0 Å². The van der Waals surface area contributed by atoms with E-state index in [9.17, 15) is 0 Å². The van der Waals surface area contributed by atoms with Crippen LogP contribution in [0.1, 0.15) is 51.3 Å². The maximum absolute atomic E-state index is 3.79. The first-order chi connectivity index (χ1) is 8.07. The van der Waals surface area contributed by atoms with Crippen LogP contribution in [0.3, 0.4) is 0 Å². The molecule has 1 fully saturated rings. The zero-order valence-electron chi connectivity index (χ0n) is 11.3. The molecule has 1 aliphatic carbocycles. The summed E-state index contributed by atoms with van der Waals surface area (Å²) < 4.78 is 0. The topological polar surface area (TPSA) is 12.0 Å². The normalized spacial score (nSPS) is 26.1. The standard InChI is InChI=1S/C15H25NS/c1-15(2,3)13-8-4-5-9-14(13)16-11-12-7-6-10-17-12/h6-7,10,13-14,16H,4-5,8-9,11H2,1-3H3. The summed E-state index contributed by atoms with van der Waals surface area (Å²) in [5, 5.41) is 5.96. The van der Waals surface area contributed by atoms with Gasteiger partial charge in [-0.3, -0.25) is 0 Å². The molecular weight excluding hydrogens is 226 g/mol. The Hall–Kier alpha value is -0.340. The van der Waals surface area contributed by atoms with E-state index in [4.69, 9.17) is 0 Å². The summed E-state index contributed by atoms with van der Waals surface area (Å²) in [6, 6.07) is 5.09. The van der Waals surface area contributed by atoms with Gasteiger partial charge in [-0.05, 0) is 35.6 Å². The molecule has 1 nitrogen and oxygen atoms in total. The monoisotopic (exact) mass is 251 g/mol. The minimum atomic E-state index is 0.438. The van der Waals surface area contributed by atoms with Gasteiger partial charge in [-0.2, -0.15) is 0 Å². The molecule has 2 rings (SSSR count). The number of hydrogen-bond donors (Lipinski definition) is 1. The Labute approximate surface area is 110 Å². The summed E-state index contributed by atoms with van der Waals surface area (Å²) >= 11 is 1.86. The quantitative estimate of drug-likeness (QED) is 0.837. The highest BCUT2D eigenvalue weighted by Crippen LogP contribution is 2.38. The highest BCUT2D eigenvalue weighted by atomic mass is 32.1. The number of nitrogens with one attached hydrogen (secondary N) is 1. The Morgan fingerprint density at radius 1 is 1.29 bits per heavy atom. The smallest absolute Gasteiger partial charge is 0.0302 e. The molecule has 0 aliphatic heterocycles. The molecule has 0 amide bonds. The first-order valence-corrected chi connectivity index (χ1v) is 7.71. The first kappa shape index (κ1) is 13.1. The molecule has 1 aromatic rings. The van der Waals surface area contributed by atoms with Crippen LogP contribution in [0.25, 0.3) is 0 Å². The molecule has 0 radical (unpaired) electrons. The van der Waals surface area contributed by atoms with Gasteiger partial charge in [0.25, 0.3) is 0 Å². The van der Waals surface area contributed by atoms with Crippen molar-refractivity contribution in [2.75, 3.05) is 0 Å². The lowest BCUT2D eigenvalue weighted by atomic mass is 9.69. The van der Waals surface area contributed by atoms with Gasteiger partial charge in [-0.1, -0.05) is 39.7 Å². The van der Waals surface area contributed by atoms with Crippen molar-refractivity contribution < 1.29 is 0 Å². The van der Waals surface area contributed by atoms with Gasteiger partial charge in [0.2, 0.25) is 0 Å². The average Bonchev–Trinajstić information content (AvgIpc) is 2.78. The van der Waals surface area contributed by atoms with Gasteiger partial charge in [0.15, 0.2) is 0 Å². The number of thiophene rings is 1. The van der Waals surface area contributed by atoms with Crippen LogP contribution in [0.4, 0.5) is 0 Å². The lowest BCUT2D eigenvalue weighted by molar-refractivity contribution is 0.130. The molecule has 2 unspecified atom stereocenters. The van der Waals surface area contributed by atoms with Crippen molar-refractivity contribution in [3.8, 4) is 0 Å². The molecule has 1 heterocycles. The Morgan fingerprint density at radius 3 is 2.71 bits per heavy atom. The minimum absolute atomic E-state index is 0.438. The van der Waals surface area contributed by atoms with E-state index in [0.29, 0.717) is 11.5 Å². The van der Waals surface area contributed by atoms with Gasteiger partial charge in [0.1, 0.15) is 0 Å². The summed E-state index contributed by atoms with van der Waals surface area (Å²) in [5.41, 5.74) is 0.438. The van der Waals surface area contributed by atoms with Crippen molar-refractivity contribution in [3.05, 3.63) is 22.4 Å². The van der Waals surface area contributed by atoms with Crippen LogP contribution in [-0.4, -0.2) is 6.04 Å². The zero-order valence-corrected chi connectivity index (χ0v) is 12.1. The molecule has 0 bridgehead atoms. The molecule has 0 spiro atoms. The maximum Gasteiger partial charge on any atom is 0.0302 e. The van der Waals surface area contributed by atoms with Crippen LogP contribution < -0.4 is 5.32 Å². The molecule has 96 valence electrons. The fourth-order valence-corrected chi connectivity index (χ4v) is 3.71. The molecule has 1 N–H and O–H groups in total. The third-order valence-electron chi connectivity index (χ3n) is 4.00. The van der Waals surface area contributed by atoms with Crippen molar-refractivity contribution in [3.63, 3.8) is 0 Å². The molecule has 2 heteroatoms. The van der Waals surface area contributed by atoms with Crippen molar-refractivity contribution in [1.82, 2.24) is 5.32 Å². The third kappa shape index (κ3) is 3.56. The van der Waals surface area contributed by atoms with Crippen LogP contribution >= 0.6 is 11.3 Å². The maximum atomic E-state index is 3.79. The molecule has 1 aromatic heterocycles. The van der Waals surface area contributed by atoms with E-state index in [2.05, 4.69) is 43.6 Å². The largest absolute Gasteiger partial charge is 0.309 e. The second-order valence-electron chi connectivity index (χ2n) is 6.32. The molecule has 0 saturated heterocycles. The zero-order chi connectivity index (χ0) is 12.3. The van der Waals surface area contributed by atoms with Gasteiger partial charge in [0.05, 0.1) is 0 Å². The summed E-state index contributed by atoms with van der Waals surface area (Å²) in [6.07, 6.45) is 5.56. The second-order valence-corrected chi connectivity index (χ2v) is 7.36. The lowest BCUT2D eigenvalue weighted by Crippen LogP contribution is -2.43. The average molecular weight is 251 g/mol. The van der Waals surface area contributed by atoms with Crippen molar-refractivity contribution in [2.24, 2.45) is 11.3 Å². The SMILES string of the molecule is CC(C)(C)C1CCCCC1NCc1cccs1. The van der Waals surface area contributed by atoms with E-state index >= 15 is 0 Å². The number of rotatable bonds is 3.